The van der Waals surface area contributed by atoms with Gasteiger partial charge in [0.2, 0.25) is 0 Å². The molecule has 2 atom stereocenters. The van der Waals surface area contributed by atoms with Crippen LogP contribution in [-0.4, -0.2) is 59.5 Å². The van der Waals surface area contributed by atoms with E-state index in [2.05, 4.69) is 17.1 Å². The van der Waals surface area contributed by atoms with Gasteiger partial charge >= 0.3 is 0 Å². The Hall–Kier alpha value is -0.160. The molecule has 1 aliphatic rings. The first-order valence-corrected chi connectivity index (χ1v) is 6.36. The number of rotatable bonds is 5. The molecule has 0 bridgehead atoms. The van der Waals surface area contributed by atoms with Gasteiger partial charge in [0.1, 0.15) is 0 Å². The summed E-state index contributed by atoms with van der Waals surface area (Å²) in [7, 11) is 0. The van der Waals surface area contributed by atoms with Gasteiger partial charge < -0.3 is 20.4 Å². The van der Waals surface area contributed by atoms with Crippen molar-refractivity contribution in [3.05, 3.63) is 0 Å². The number of hydrogen-bond acceptors (Lipinski definition) is 4. The molecule has 1 rings (SSSR count). The molecule has 0 spiro atoms. The lowest BCUT2D eigenvalue weighted by atomic mass is 10.1. The predicted octanol–water partition coefficient (Wildman–Crippen LogP) is 0.194. The summed E-state index contributed by atoms with van der Waals surface area (Å²) in [6.45, 7) is 7.59. The van der Waals surface area contributed by atoms with Gasteiger partial charge in [0.15, 0.2) is 0 Å². The van der Waals surface area contributed by atoms with Crippen LogP contribution in [0.1, 0.15) is 33.1 Å². The summed E-state index contributed by atoms with van der Waals surface area (Å²) in [5.74, 6) is 0. The number of likely N-dealkylation sites (tertiary alicyclic amines) is 1. The van der Waals surface area contributed by atoms with Crippen LogP contribution < -0.4 is 5.32 Å². The van der Waals surface area contributed by atoms with E-state index in [0.29, 0.717) is 12.6 Å². The molecule has 0 aromatic carbocycles. The summed E-state index contributed by atoms with van der Waals surface area (Å²) >= 11 is 0. The Bertz CT molecular complexity index is 197. The van der Waals surface area contributed by atoms with Crippen LogP contribution in [0.15, 0.2) is 0 Å². The van der Waals surface area contributed by atoms with Crippen LogP contribution in [0.4, 0.5) is 0 Å². The van der Waals surface area contributed by atoms with Crippen LogP contribution in [0.2, 0.25) is 0 Å². The van der Waals surface area contributed by atoms with Crippen molar-refractivity contribution in [3.63, 3.8) is 0 Å². The van der Waals surface area contributed by atoms with Gasteiger partial charge in [-0.25, -0.2) is 0 Å². The molecular weight excluding hydrogens is 204 g/mol. The molecule has 16 heavy (non-hydrogen) atoms. The fourth-order valence-corrected chi connectivity index (χ4v) is 2.10. The van der Waals surface area contributed by atoms with Crippen LogP contribution in [0.25, 0.3) is 0 Å². The molecule has 0 saturated carbocycles. The fourth-order valence-electron chi connectivity index (χ4n) is 2.10. The van der Waals surface area contributed by atoms with Crippen molar-refractivity contribution in [1.29, 1.82) is 0 Å². The lowest BCUT2D eigenvalue weighted by Crippen LogP contribution is -2.45. The summed E-state index contributed by atoms with van der Waals surface area (Å²) in [5.41, 5.74) is -0.989. The minimum atomic E-state index is -0.989. The van der Waals surface area contributed by atoms with E-state index >= 15 is 0 Å². The van der Waals surface area contributed by atoms with E-state index in [1.54, 1.807) is 6.92 Å². The maximum absolute atomic E-state index is 9.70. The maximum atomic E-state index is 9.70. The van der Waals surface area contributed by atoms with Crippen molar-refractivity contribution in [2.75, 3.05) is 32.8 Å². The Kier molecular flexibility index (Phi) is 5.69. The lowest BCUT2D eigenvalue weighted by molar-refractivity contribution is 0.000428. The van der Waals surface area contributed by atoms with Gasteiger partial charge in [-0.1, -0.05) is 6.92 Å². The Labute approximate surface area is 98.6 Å². The van der Waals surface area contributed by atoms with E-state index in [1.807, 2.05) is 0 Å². The van der Waals surface area contributed by atoms with Gasteiger partial charge in [-0.15, -0.1) is 0 Å². The second-order valence-corrected chi connectivity index (χ2v) is 5.10. The van der Waals surface area contributed by atoms with E-state index in [0.717, 1.165) is 25.9 Å². The molecule has 96 valence electrons. The third-order valence-electron chi connectivity index (χ3n) is 3.38. The minimum Gasteiger partial charge on any atom is -0.393 e. The molecule has 1 saturated heterocycles. The van der Waals surface area contributed by atoms with Crippen molar-refractivity contribution in [2.45, 2.75) is 44.8 Å². The molecule has 0 aromatic heterocycles. The van der Waals surface area contributed by atoms with E-state index in [1.165, 1.54) is 13.0 Å². The number of nitrogens with one attached hydrogen (secondary N) is 1. The smallest absolute Gasteiger partial charge is 0.0972 e. The number of nitrogens with zero attached hydrogens (tertiary/aromatic N) is 1. The average molecular weight is 230 g/mol. The quantitative estimate of drug-likeness (QED) is 0.631. The normalized spacial score (nSPS) is 27.4. The van der Waals surface area contributed by atoms with Crippen molar-refractivity contribution < 1.29 is 10.2 Å². The molecule has 1 fully saturated rings. The number of aliphatic hydroxyl groups excluding tert-OH is 1. The molecule has 4 heteroatoms. The molecule has 4 nitrogen and oxygen atoms in total. The summed E-state index contributed by atoms with van der Waals surface area (Å²) in [5, 5.41) is 22.0. The van der Waals surface area contributed by atoms with Crippen LogP contribution in [0.5, 0.6) is 0 Å². The van der Waals surface area contributed by atoms with E-state index in [-0.39, 0.29) is 6.61 Å². The molecule has 0 aliphatic carbocycles. The van der Waals surface area contributed by atoms with Crippen LogP contribution in [-0.2, 0) is 0 Å². The van der Waals surface area contributed by atoms with Gasteiger partial charge in [0.25, 0.3) is 0 Å². The second-order valence-electron chi connectivity index (χ2n) is 5.10. The van der Waals surface area contributed by atoms with Crippen LogP contribution >= 0.6 is 0 Å². The summed E-state index contributed by atoms with van der Waals surface area (Å²) in [4.78, 5) is 2.46. The van der Waals surface area contributed by atoms with Gasteiger partial charge in [0, 0.05) is 12.6 Å². The first-order chi connectivity index (χ1) is 7.57. The van der Waals surface area contributed by atoms with Crippen molar-refractivity contribution in [1.82, 2.24) is 10.2 Å². The zero-order chi connectivity index (χ0) is 12.0. The zero-order valence-corrected chi connectivity index (χ0v) is 10.6. The van der Waals surface area contributed by atoms with E-state index < -0.39 is 5.60 Å². The van der Waals surface area contributed by atoms with Gasteiger partial charge in [-0.2, -0.15) is 0 Å². The summed E-state index contributed by atoms with van der Waals surface area (Å²) < 4.78 is 0. The van der Waals surface area contributed by atoms with E-state index in [9.17, 15) is 5.11 Å². The van der Waals surface area contributed by atoms with Crippen LogP contribution in [0, 0.1) is 0 Å². The topological polar surface area (TPSA) is 55.7 Å². The molecule has 2 unspecified atom stereocenters. The highest BCUT2D eigenvalue weighted by atomic mass is 16.3. The molecule has 0 aromatic rings. The van der Waals surface area contributed by atoms with Crippen molar-refractivity contribution in [3.8, 4) is 0 Å². The first kappa shape index (κ1) is 13.9. The fraction of sp³-hybridized carbons (Fsp3) is 1.00. The van der Waals surface area contributed by atoms with Crippen molar-refractivity contribution in [2.24, 2.45) is 0 Å². The summed E-state index contributed by atoms with van der Waals surface area (Å²) in [6.07, 6.45) is 3.51. The van der Waals surface area contributed by atoms with Gasteiger partial charge in [0.05, 0.1) is 12.2 Å². The van der Waals surface area contributed by atoms with Gasteiger partial charge in [-0.3, -0.25) is 0 Å². The highest BCUT2D eigenvalue weighted by Gasteiger charge is 2.22. The minimum absolute atomic E-state index is 0.187. The molecule has 1 aliphatic heterocycles. The second kappa shape index (κ2) is 6.55. The monoisotopic (exact) mass is 230 g/mol. The zero-order valence-electron chi connectivity index (χ0n) is 10.6. The molecule has 3 N–H and O–H groups in total. The highest BCUT2D eigenvalue weighted by Crippen LogP contribution is 2.11. The first-order valence-electron chi connectivity index (χ1n) is 6.36. The molecule has 1 heterocycles. The Morgan fingerprint density at radius 1 is 1.38 bits per heavy atom. The molecule has 0 amide bonds. The van der Waals surface area contributed by atoms with Crippen molar-refractivity contribution >= 4 is 0 Å². The Balaban J connectivity index is 2.27. The predicted molar refractivity (Wildman–Crippen MR) is 65.5 cm³/mol. The number of hydrogen-bond donors (Lipinski definition) is 3. The van der Waals surface area contributed by atoms with Crippen LogP contribution in [0.3, 0.4) is 0 Å². The summed E-state index contributed by atoms with van der Waals surface area (Å²) in [6, 6.07) is 0.481. The molecule has 0 radical (unpaired) electrons. The maximum Gasteiger partial charge on any atom is 0.0972 e. The largest absolute Gasteiger partial charge is 0.393 e. The SMILES string of the molecule is CCN1CCCC(NCC(C)(O)CO)CC1. The Morgan fingerprint density at radius 3 is 2.75 bits per heavy atom. The third kappa shape index (κ3) is 4.78. The number of aliphatic hydroxyl groups is 2. The standard InChI is InChI=1S/C12H26N2O2/c1-3-14-7-4-5-11(6-8-14)13-9-12(2,16)10-15/h11,13,15-16H,3-10H2,1-2H3. The lowest BCUT2D eigenvalue weighted by Gasteiger charge is -2.25. The average Bonchev–Trinajstić information content (AvgIpc) is 2.51. The third-order valence-corrected chi connectivity index (χ3v) is 3.38. The molecular formula is C12H26N2O2. The van der Waals surface area contributed by atoms with E-state index in [4.69, 9.17) is 5.11 Å². The van der Waals surface area contributed by atoms with Gasteiger partial charge in [-0.05, 0) is 45.8 Å². The highest BCUT2D eigenvalue weighted by molar-refractivity contribution is 4.80. The Morgan fingerprint density at radius 2 is 2.12 bits per heavy atom.